The average Bonchev–Trinajstić information content (AvgIpc) is 3.22. The quantitative estimate of drug-likeness (QED) is 0.578. The third-order valence-corrected chi connectivity index (χ3v) is 5.39. The van der Waals surface area contributed by atoms with Gasteiger partial charge < -0.3 is 25.0 Å². The highest BCUT2D eigenvalue weighted by atomic mass is 16.5. The van der Waals surface area contributed by atoms with Gasteiger partial charge >= 0.3 is 0 Å². The number of nitrogens with zero attached hydrogens (tertiary/aromatic N) is 1. The molecule has 0 aromatic heterocycles. The van der Waals surface area contributed by atoms with Crippen molar-refractivity contribution in [1.29, 1.82) is 0 Å². The number of para-hydroxylation sites is 1. The summed E-state index contributed by atoms with van der Waals surface area (Å²) in [6.07, 6.45) is 0.161. The summed E-state index contributed by atoms with van der Waals surface area (Å²) in [5, 5.41) is 6.22. The largest absolute Gasteiger partial charge is 0.493 e. The highest BCUT2D eigenvalue weighted by Crippen LogP contribution is 2.34. The standard InChI is InChI=1S/C25H25N3O4/c1-31-22-13-12-21(15-23(22)32-2)28-16-17(14-24(28)29)25(30)27-20-10-8-19(9-11-20)26-18-6-4-3-5-7-18/h3-13,15,17,26H,14,16H2,1-2H3,(H,27,30). The molecule has 0 saturated carbocycles. The van der Waals surface area contributed by atoms with Gasteiger partial charge in [-0.3, -0.25) is 9.59 Å². The van der Waals surface area contributed by atoms with Crippen molar-refractivity contribution in [2.75, 3.05) is 36.3 Å². The molecule has 1 aliphatic heterocycles. The Labute approximate surface area is 187 Å². The van der Waals surface area contributed by atoms with E-state index in [0.29, 0.717) is 29.4 Å². The molecule has 0 bridgehead atoms. The zero-order valence-corrected chi connectivity index (χ0v) is 18.0. The summed E-state index contributed by atoms with van der Waals surface area (Å²) >= 11 is 0. The van der Waals surface area contributed by atoms with E-state index < -0.39 is 5.92 Å². The van der Waals surface area contributed by atoms with Crippen LogP contribution in [0.4, 0.5) is 22.7 Å². The van der Waals surface area contributed by atoms with Crippen molar-refractivity contribution in [2.24, 2.45) is 5.92 Å². The zero-order chi connectivity index (χ0) is 22.5. The lowest BCUT2D eigenvalue weighted by molar-refractivity contribution is -0.122. The molecule has 1 unspecified atom stereocenters. The van der Waals surface area contributed by atoms with Crippen molar-refractivity contribution in [2.45, 2.75) is 6.42 Å². The van der Waals surface area contributed by atoms with Gasteiger partial charge in [-0.15, -0.1) is 0 Å². The number of carbonyl (C=O) groups excluding carboxylic acids is 2. The first-order chi connectivity index (χ1) is 15.6. The summed E-state index contributed by atoms with van der Waals surface area (Å²) in [4.78, 5) is 27.0. The molecule has 3 aromatic carbocycles. The number of nitrogens with one attached hydrogen (secondary N) is 2. The van der Waals surface area contributed by atoms with Crippen molar-refractivity contribution in [1.82, 2.24) is 0 Å². The fourth-order valence-corrected chi connectivity index (χ4v) is 3.69. The highest BCUT2D eigenvalue weighted by Gasteiger charge is 2.35. The van der Waals surface area contributed by atoms with Crippen LogP contribution in [-0.2, 0) is 9.59 Å². The molecule has 7 nitrogen and oxygen atoms in total. The first kappa shape index (κ1) is 21.2. The highest BCUT2D eigenvalue weighted by molar-refractivity contribution is 6.03. The summed E-state index contributed by atoms with van der Waals surface area (Å²) in [6, 6.07) is 22.6. The molecule has 2 amide bonds. The van der Waals surface area contributed by atoms with Crippen LogP contribution < -0.4 is 25.0 Å². The van der Waals surface area contributed by atoms with Gasteiger partial charge in [0.1, 0.15) is 0 Å². The maximum absolute atomic E-state index is 12.8. The predicted molar refractivity (Wildman–Crippen MR) is 125 cm³/mol. The zero-order valence-electron chi connectivity index (χ0n) is 18.0. The molecular formula is C25H25N3O4. The molecule has 164 valence electrons. The van der Waals surface area contributed by atoms with Crippen LogP contribution in [0.5, 0.6) is 11.5 Å². The molecule has 1 heterocycles. The van der Waals surface area contributed by atoms with Crippen molar-refractivity contribution >= 4 is 34.6 Å². The number of rotatable bonds is 7. The number of ether oxygens (including phenoxy) is 2. The van der Waals surface area contributed by atoms with E-state index in [9.17, 15) is 9.59 Å². The Morgan fingerprint density at radius 2 is 1.53 bits per heavy atom. The minimum atomic E-state index is -0.433. The Bertz CT molecular complexity index is 1100. The van der Waals surface area contributed by atoms with Crippen molar-refractivity contribution in [3.63, 3.8) is 0 Å². The Kier molecular flexibility index (Phi) is 6.26. The second-order valence-corrected chi connectivity index (χ2v) is 7.50. The van der Waals surface area contributed by atoms with Crippen LogP contribution in [0.3, 0.4) is 0 Å². The lowest BCUT2D eigenvalue weighted by Gasteiger charge is -2.18. The molecule has 3 aromatic rings. The Morgan fingerprint density at radius 3 is 2.22 bits per heavy atom. The van der Waals surface area contributed by atoms with Crippen LogP contribution in [0, 0.1) is 5.92 Å². The molecule has 32 heavy (non-hydrogen) atoms. The molecule has 0 radical (unpaired) electrons. The van der Waals surface area contributed by atoms with Crippen LogP contribution in [-0.4, -0.2) is 32.6 Å². The van der Waals surface area contributed by atoms with Gasteiger partial charge in [0.25, 0.3) is 0 Å². The normalized spacial score (nSPS) is 15.4. The predicted octanol–water partition coefficient (Wildman–Crippen LogP) is 4.44. The van der Waals surface area contributed by atoms with Crippen LogP contribution in [0.2, 0.25) is 0 Å². The first-order valence-corrected chi connectivity index (χ1v) is 10.3. The van der Waals surface area contributed by atoms with Gasteiger partial charge in [0.05, 0.1) is 20.1 Å². The summed E-state index contributed by atoms with van der Waals surface area (Å²) in [5.74, 6) is 0.417. The summed E-state index contributed by atoms with van der Waals surface area (Å²) < 4.78 is 10.6. The lowest BCUT2D eigenvalue weighted by atomic mass is 10.1. The van der Waals surface area contributed by atoms with E-state index in [1.165, 1.54) is 0 Å². The third kappa shape index (κ3) is 4.67. The van der Waals surface area contributed by atoms with Gasteiger partial charge in [0.15, 0.2) is 11.5 Å². The van der Waals surface area contributed by atoms with E-state index in [1.807, 2.05) is 54.6 Å². The molecule has 1 aliphatic rings. The maximum atomic E-state index is 12.8. The van der Waals surface area contributed by atoms with Crippen LogP contribution in [0.15, 0.2) is 72.8 Å². The molecule has 1 atom stereocenters. The number of anilines is 4. The molecule has 1 saturated heterocycles. The van der Waals surface area contributed by atoms with Crippen molar-refractivity contribution in [3.05, 3.63) is 72.8 Å². The average molecular weight is 431 g/mol. The van der Waals surface area contributed by atoms with E-state index in [4.69, 9.17) is 9.47 Å². The Morgan fingerprint density at radius 1 is 0.875 bits per heavy atom. The second kappa shape index (κ2) is 9.43. The monoisotopic (exact) mass is 431 g/mol. The summed E-state index contributed by atoms with van der Waals surface area (Å²) in [7, 11) is 3.10. The van der Waals surface area contributed by atoms with Gasteiger partial charge in [0, 0.05) is 41.8 Å². The van der Waals surface area contributed by atoms with Crippen LogP contribution in [0.25, 0.3) is 0 Å². The van der Waals surface area contributed by atoms with E-state index in [1.54, 1.807) is 37.3 Å². The topological polar surface area (TPSA) is 79.9 Å². The fraction of sp³-hybridized carbons (Fsp3) is 0.200. The van der Waals surface area contributed by atoms with Gasteiger partial charge in [-0.25, -0.2) is 0 Å². The SMILES string of the molecule is COc1ccc(N2CC(C(=O)Nc3ccc(Nc4ccccc4)cc3)CC2=O)cc1OC. The first-order valence-electron chi connectivity index (χ1n) is 10.3. The molecule has 0 aliphatic carbocycles. The number of carbonyl (C=O) groups is 2. The van der Waals surface area contributed by atoms with E-state index in [-0.39, 0.29) is 18.2 Å². The van der Waals surface area contributed by atoms with Crippen molar-refractivity contribution in [3.8, 4) is 11.5 Å². The number of amides is 2. The second-order valence-electron chi connectivity index (χ2n) is 7.50. The Hall–Kier alpha value is -4.00. The van der Waals surface area contributed by atoms with E-state index in [2.05, 4.69) is 10.6 Å². The molecule has 2 N–H and O–H groups in total. The van der Waals surface area contributed by atoms with E-state index in [0.717, 1.165) is 11.4 Å². The lowest BCUT2D eigenvalue weighted by Crippen LogP contribution is -2.28. The maximum Gasteiger partial charge on any atom is 0.229 e. The third-order valence-electron chi connectivity index (χ3n) is 5.39. The van der Waals surface area contributed by atoms with Crippen molar-refractivity contribution < 1.29 is 19.1 Å². The van der Waals surface area contributed by atoms with Gasteiger partial charge in [-0.05, 0) is 48.5 Å². The van der Waals surface area contributed by atoms with Gasteiger partial charge in [-0.1, -0.05) is 18.2 Å². The minimum absolute atomic E-state index is 0.0974. The van der Waals surface area contributed by atoms with Gasteiger partial charge in [-0.2, -0.15) is 0 Å². The molecule has 7 heteroatoms. The number of hydrogen-bond donors (Lipinski definition) is 2. The van der Waals surface area contributed by atoms with Gasteiger partial charge in [0.2, 0.25) is 11.8 Å². The molecule has 1 fully saturated rings. The number of benzene rings is 3. The summed E-state index contributed by atoms with van der Waals surface area (Å²) in [5.41, 5.74) is 3.28. The molecule has 4 rings (SSSR count). The molecule has 0 spiro atoms. The molecular weight excluding hydrogens is 406 g/mol. The summed E-state index contributed by atoms with van der Waals surface area (Å²) in [6.45, 7) is 0.313. The van der Waals surface area contributed by atoms with Crippen LogP contribution in [0.1, 0.15) is 6.42 Å². The number of methoxy groups -OCH3 is 2. The van der Waals surface area contributed by atoms with E-state index >= 15 is 0 Å². The number of hydrogen-bond acceptors (Lipinski definition) is 5. The fourth-order valence-electron chi connectivity index (χ4n) is 3.69. The Balaban J connectivity index is 1.38. The smallest absolute Gasteiger partial charge is 0.229 e. The minimum Gasteiger partial charge on any atom is -0.493 e. The van der Waals surface area contributed by atoms with Crippen LogP contribution >= 0.6 is 0 Å².